The Morgan fingerprint density at radius 1 is 1.18 bits per heavy atom. The van der Waals surface area contributed by atoms with Gasteiger partial charge in [-0.1, -0.05) is 12.1 Å². The molecule has 3 rings (SSSR count). The molecule has 0 atom stereocenters. The fourth-order valence-corrected chi connectivity index (χ4v) is 2.15. The molecular weight excluding hydrogens is 284 g/mol. The van der Waals surface area contributed by atoms with Crippen LogP contribution in [-0.4, -0.2) is 26.2 Å². The van der Waals surface area contributed by atoms with Gasteiger partial charge >= 0.3 is 5.97 Å². The van der Waals surface area contributed by atoms with E-state index in [9.17, 15) is 9.90 Å². The maximum Gasteiger partial charge on any atom is 0.336 e. The van der Waals surface area contributed by atoms with Gasteiger partial charge in [0.15, 0.2) is 5.82 Å². The van der Waals surface area contributed by atoms with E-state index < -0.39 is 5.97 Å². The smallest absolute Gasteiger partial charge is 0.336 e. The molecule has 0 unspecified atom stereocenters. The average molecular weight is 296 g/mol. The summed E-state index contributed by atoms with van der Waals surface area (Å²) >= 11 is 0. The van der Waals surface area contributed by atoms with Crippen molar-refractivity contribution in [1.29, 1.82) is 0 Å². The van der Waals surface area contributed by atoms with Crippen LogP contribution in [0.2, 0.25) is 0 Å². The number of carboxylic acids is 1. The van der Waals surface area contributed by atoms with Crippen LogP contribution in [0, 0.1) is 0 Å². The van der Waals surface area contributed by atoms with Crippen molar-refractivity contribution in [2.45, 2.75) is 6.61 Å². The maximum atomic E-state index is 11.2. The molecule has 2 N–H and O–H groups in total. The molecule has 0 aliphatic rings. The number of hydrogen-bond acceptors (Lipinski definition) is 5. The van der Waals surface area contributed by atoms with Crippen LogP contribution in [0.5, 0.6) is 11.6 Å². The van der Waals surface area contributed by atoms with Crippen LogP contribution in [0.15, 0.2) is 48.7 Å². The molecule has 0 aliphatic carbocycles. The monoisotopic (exact) mass is 296 g/mol. The highest BCUT2D eigenvalue weighted by molar-refractivity contribution is 6.03. The van der Waals surface area contributed by atoms with Crippen molar-refractivity contribution < 1.29 is 19.7 Å². The van der Waals surface area contributed by atoms with Crippen LogP contribution in [0.25, 0.3) is 10.8 Å². The Hall–Kier alpha value is -2.99. The lowest BCUT2D eigenvalue weighted by Crippen LogP contribution is -1.98. The number of aliphatic hydroxyl groups is 1. The van der Waals surface area contributed by atoms with Gasteiger partial charge in [-0.2, -0.15) is 4.98 Å². The number of hydrogen-bond donors (Lipinski definition) is 2. The van der Waals surface area contributed by atoms with Crippen LogP contribution in [-0.2, 0) is 6.61 Å². The van der Waals surface area contributed by atoms with E-state index in [0.717, 1.165) is 5.39 Å². The summed E-state index contributed by atoms with van der Waals surface area (Å²) in [6.07, 6.45) is 1.50. The summed E-state index contributed by atoms with van der Waals surface area (Å²) in [5.41, 5.74) is 0.244. The lowest BCUT2D eigenvalue weighted by molar-refractivity contribution is 0.0699. The highest BCUT2D eigenvalue weighted by Gasteiger charge is 2.09. The molecule has 110 valence electrons. The first-order chi connectivity index (χ1) is 10.7. The minimum absolute atomic E-state index is 0.244. The molecule has 0 saturated carbocycles. The standard InChI is InChI=1S/C16H12N2O4/c19-9-14-17-7-6-15(18-14)22-11-4-5-12-10(8-11)2-1-3-13(12)16(20)21/h1-8,19H,9H2,(H,20,21). The number of carbonyl (C=O) groups is 1. The van der Waals surface area contributed by atoms with Gasteiger partial charge in [-0.15, -0.1) is 0 Å². The van der Waals surface area contributed by atoms with Gasteiger partial charge in [0, 0.05) is 12.3 Å². The predicted octanol–water partition coefficient (Wildman–Crippen LogP) is 2.61. The second-order valence-corrected chi connectivity index (χ2v) is 4.56. The Morgan fingerprint density at radius 3 is 2.82 bits per heavy atom. The topological polar surface area (TPSA) is 92.5 Å². The zero-order chi connectivity index (χ0) is 15.5. The summed E-state index contributed by atoms with van der Waals surface area (Å²) in [4.78, 5) is 19.1. The van der Waals surface area contributed by atoms with Gasteiger partial charge in [0.05, 0.1) is 5.56 Å². The molecule has 2 aromatic carbocycles. The molecule has 3 aromatic rings. The second-order valence-electron chi connectivity index (χ2n) is 4.56. The van der Waals surface area contributed by atoms with Gasteiger partial charge in [0.2, 0.25) is 5.88 Å². The predicted molar refractivity (Wildman–Crippen MR) is 78.9 cm³/mol. The van der Waals surface area contributed by atoms with Gasteiger partial charge in [-0.25, -0.2) is 9.78 Å². The van der Waals surface area contributed by atoms with E-state index in [-0.39, 0.29) is 18.0 Å². The molecule has 0 fully saturated rings. The van der Waals surface area contributed by atoms with Gasteiger partial charge in [-0.05, 0) is 35.0 Å². The molecule has 0 spiro atoms. The highest BCUT2D eigenvalue weighted by atomic mass is 16.5. The van der Waals surface area contributed by atoms with E-state index in [1.165, 1.54) is 6.20 Å². The number of ether oxygens (including phenoxy) is 1. The Labute approximate surface area is 125 Å². The van der Waals surface area contributed by atoms with Crippen molar-refractivity contribution in [3.63, 3.8) is 0 Å². The first-order valence-corrected chi connectivity index (χ1v) is 6.54. The maximum absolute atomic E-state index is 11.2. The minimum Gasteiger partial charge on any atom is -0.478 e. The fourth-order valence-electron chi connectivity index (χ4n) is 2.15. The zero-order valence-electron chi connectivity index (χ0n) is 11.4. The Bertz CT molecular complexity index is 848. The SMILES string of the molecule is O=C(O)c1cccc2cc(Oc3ccnc(CO)n3)ccc12. The number of benzene rings is 2. The Balaban J connectivity index is 1.97. The van der Waals surface area contributed by atoms with E-state index in [0.29, 0.717) is 17.0 Å². The molecule has 1 aromatic heterocycles. The van der Waals surface area contributed by atoms with E-state index in [1.54, 1.807) is 36.4 Å². The number of carboxylic acid groups (broad SMARTS) is 1. The van der Waals surface area contributed by atoms with E-state index in [2.05, 4.69) is 9.97 Å². The molecule has 1 heterocycles. The summed E-state index contributed by atoms with van der Waals surface area (Å²) in [6, 6.07) is 11.7. The molecule has 0 saturated heterocycles. The van der Waals surface area contributed by atoms with E-state index >= 15 is 0 Å². The number of fused-ring (bicyclic) bond motifs is 1. The van der Waals surface area contributed by atoms with Crippen molar-refractivity contribution in [3.05, 3.63) is 60.0 Å². The molecular formula is C16H12N2O4. The molecule has 6 nitrogen and oxygen atoms in total. The Morgan fingerprint density at radius 2 is 2.05 bits per heavy atom. The van der Waals surface area contributed by atoms with Crippen LogP contribution >= 0.6 is 0 Å². The first kappa shape index (κ1) is 14.0. The van der Waals surface area contributed by atoms with Crippen molar-refractivity contribution in [2.24, 2.45) is 0 Å². The third kappa shape index (κ3) is 2.72. The van der Waals surface area contributed by atoms with Crippen molar-refractivity contribution in [3.8, 4) is 11.6 Å². The lowest BCUT2D eigenvalue weighted by atomic mass is 10.0. The van der Waals surface area contributed by atoms with Crippen molar-refractivity contribution in [1.82, 2.24) is 9.97 Å². The summed E-state index contributed by atoms with van der Waals surface area (Å²) in [5.74, 6) is 0.138. The molecule has 0 amide bonds. The fraction of sp³-hybridized carbons (Fsp3) is 0.0625. The summed E-state index contributed by atoms with van der Waals surface area (Å²) in [6.45, 7) is -0.267. The summed E-state index contributed by atoms with van der Waals surface area (Å²) < 4.78 is 5.62. The van der Waals surface area contributed by atoms with Crippen LogP contribution in [0.3, 0.4) is 0 Å². The number of aromatic carboxylic acids is 1. The van der Waals surface area contributed by atoms with Gasteiger partial charge in [0.1, 0.15) is 12.4 Å². The average Bonchev–Trinajstić information content (AvgIpc) is 2.54. The second kappa shape index (κ2) is 5.79. The zero-order valence-corrected chi connectivity index (χ0v) is 11.4. The van der Waals surface area contributed by atoms with Gasteiger partial charge in [0.25, 0.3) is 0 Å². The number of aliphatic hydroxyl groups excluding tert-OH is 1. The summed E-state index contributed by atoms with van der Waals surface area (Å²) in [5, 5.41) is 19.6. The highest BCUT2D eigenvalue weighted by Crippen LogP contribution is 2.26. The molecule has 0 radical (unpaired) electrons. The molecule has 6 heteroatoms. The molecule has 0 aliphatic heterocycles. The number of aromatic nitrogens is 2. The minimum atomic E-state index is -0.970. The van der Waals surface area contributed by atoms with Crippen LogP contribution in [0.4, 0.5) is 0 Å². The van der Waals surface area contributed by atoms with Crippen molar-refractivity contribution in [2.75, 3.05) is 0 Å². The largest absolute Gasteiger partial charge is 0.478 e. The van der Waals surface area contributed by atoms with Crippen molar-refractivity contribution >= 4 is 16.7 Å². The molecule has 22 heavy (non-hydrogen) atoms. The van der Waals surface area contributed by atoms with E-state index in [4.69, 9.17) is 9.84 Å². The van der Waals surface area contributed by atoms with Gasteiger partial charge < -0.3 is 14.9 Å². The van der Waals surface area contributed by atoms with Crippen LogP contribution < -0.4 is 4.74 Å². The van der Waals surface area contributed by atoms with E-state index in [1.807, 2.05) is 6.07 Å². The normalized spacial score (nSPS) is 10.6. The third-order valence-corrected chi connectivity index (χ3v) is 3.13. The molecule has 0 bridgehead atoms. The third-order valence-electron chi connectivity index (χ3n) is 3.13. The Kier molecular flexibility index (Phi) is 3.67. The summed E-state index contributed by atoms with van der Waals surface area (Å²) in [7, 11) is 0. The number of rotatable bonds is 4. The first-order valence-electron chi connectivity index (χ1n) is 6.54. The van der Waals surface area contributed by atoms with Crippen LogP contribution in [0.1, 0.15) is 16.2 Å². The van der Waals surface area contributed by atoms with Gasteiger partial charge in [-0.3, -0.25) is 0 Å². The lowest BCUT2D eigenvalue weighted by Gasteiger charge is -2.08. The number of nitrogens with zero attached hydrogens (tertiary/aromatic N) is 2. The quantitative estimate of drug-likeness (QED) is 0.768.